The average molecular weight is 508 g/mol. The van der Waals surface area contributed by atoms with Crippen molar-refractivity contribution >= 4 is 19.9 Å². The number of hydrogen-bond acceptors (Lipinski definition) is 3. The number of rotatable bonds is 3. The Bertz CT molecular complexity index is 1190. The first-order valence-electron chi connectivity index (χ1n) is 11.5. The van der Waals surface area contributed by atoms with Crippen LogP contribution >= 0.6 is 11.6 Å². The van der Waals surface area contributed by atoms with E-state index in [9.17, 15) is 14.8 Å². The van der Waals surface area contributed by atoms with Gasteiger partial charge in [-0.15, -0.1) is 0 Å². The van der Waals surface area contributed by atoms with Gasteiger partial charge >= 0.3 is 0 Å². The second-order valence-electron chi connectivity index (χ2n) is 10.9. The third kappa shape index (κ3) is 4.09. The van der Waals surface area contributed by atoms with Crippen molar-refractivity contribution in [1.29, 1.82) is 5.26 Å². The van der Waals surface area contributed by atoms with Gasteiger partial charge in [0, 0.05) is 22.9 Å². The third-order valence-electron chi connectivity index (χ3n) is 7.73. The average Bonchev–Trinajstić information content (AvgIpc) is 2.98. The van der Waals surface area contributed by atoms with Crippen molar-refractivity contribution in [2.75, 3.05) is 0 Å². The van der Waals surface area contributed by atoms with Crippen LogP contribution in [0.15, 0.2) is 24.3 Å². The maximum absolute atomic E-state index is 15.5. The van der Waals surface area contributed by atoms with Crippen LogP contribution in [0.4, 0.5) is 13.2 Å². The Hall–Kier alpha value is -1.85. The van der Waals surface area contributed by atoms with Crippen molar-refractivity contribution in [2.24, 2.45) is 0 Å². The van der Waals surface area contributed by atoms with Gasteiger partial charge in [0.2, 0.25) is 0 Å². The van der Waals surface area contributed by atoms with Crippen LogP contribution in [0.2, 0.25) is 23.2 Å². The lowest BCUT2D eigenvalue weighted by atomic mass is 9.74. The Kier molecular flexibility index (Phi) is 6.22. The minimum Gasteiger partial charge on any atom is -0.404 e. The van der Waals surface area contributed by atoms with Crippen LogP contribution in [0.25, 0.3) is 0 Å². The van der Waals surface area contributed by atoms with E-state index in [-0.39, 0.29) is 15.6 Å². The molecule has 2 aromatic carbocycles. The van der Waals surface area contributed by atoms with E-state index < -0.39 is 44.6 Å². The highest BCUT2D eigenvalue weighted by Crippen LogP contribution is 2.55. The third-order valence-corrected chi connectivity index (χ3v) is 12.5. The number of halogens is 4. The Labute approximate surface area is 204 Å². The Balaban J connectivity index is 1.88. The van der Waals surface area contributed by atoms with Gasteiger partial charge in [-0.3, -0.25) is 0 Å². The summed E-state index contributed by atoms with van der Waals surface area (Å²) in [5.41, 5.74) is 2.33. The van der Waals surface area contributed by atoms with Gasteiger partial charge in [-0.05, 0) is 71.4 Å². The van der Waals surface area contributed by atoms with Gasteiger partial charge in [-0.1, -0.05) is 38.4 Å². The standard InChI is InChI=1S/C26H29ClF3NO2Si/c1-25(2,3)34(4,5)33-24-23-19(12-26(24,29)30)16(6-8-20(23)27)17-7-9-21(32)18-11-15(28)10-14(13-31)22(17)18/h6,8,10-11,17,21,24,32H,7,9,12H2,1-5H3/t17?,21-,24?/m1/s1. The molecule has 0 radical (unpaired) electrons. The molecule has 3 nitrogen and oxygen atoms in total. The molecular weight excluding hydrogens is 479 g/mol. The summed E-state index contributed by atoms with van der Waals surface area (Å²) in [6, 6.07) is 7.73. The Morgan fingerprint density at radius 3 is 2.44 bits per heavy atom. The molecule has 0 aromatic heterocycles. The smallest absolute Gasteiger partial charge is 0.280 e. The maximum atomic E-state index is 15.5. The second kappa shape index (κ2) is 8.37. The number of nitrogens with zero attached hydrogens (tertiary/aromatic N) is 1. The van der Waals surface area contributed by atoms with E-state index in [0.717, 1.165) is 6.07 Å². The molecule has 2 aliphatic rings. The second-order valence-corrected chi connectivity index (χ2v) is 16.1. The van der Waals surface area contributed by atoms with Crippen LogP contribution in [-0.2, 0) is 10.8 Å². The van der Waals surface area contributed by atoms with Crippen molar-refractivity contribution < 1.29 is 22.7 Å². The largest absolute Gasteiger partial charge is 0.404 e. The molecule has 0 bridgehead atoms. The van der Waals surface area contributed by atoms with Gasteiger partial charge in [-0.25, -0.2) is 13.2 Å². The lowest BCUT2D eigenvalue weighted by Crippen LogP contribution is -2.44. The molecule has 34 heavy (non-hydrogen) atoms. The molecule has 0 amide bonds. The minimum atomic E-state index is -3.14. The van der Waals surface area contributed by atoms with E-state index in [4.69, 9.17) is 16.0 Å². The lowest BCUT2D eigenvalue weighted by molar-refractivity contribution is -0.0900. The van der Waals surface area contributed by atoms with E-state index in [0.29, 0.717) is 40.7 Å². The zero-order valence-corrected chi connectivity index (χ0v) is 21.7. The first kappa shape index (κ1) is 25.2. The summed E-state index contributed by atoms with van der Waals surface area (Å²) in [5.74, 6) is -4.18. The lowest BCUT2D eigenvalue weighted by Gasteiger charge is -2.40. The van der Waals surface area contributed by atoms with E-state index in [1.807, 2.05) is 39.9 Å². The molecule has 1 N–H and O–H groups in total. The topological polar surface area (TPSA) is 53.2 Å². The summed E-state index contributed by atoms with van der Waals surface area (Å²) in [7, 11) is -2.55. The summed E-state index contributed by atoms with van der Waals surface area (Å²) in [6.45, 7) is 9.87. The molecule has 0 spiro atoms. The van der Waals surface area contributed by atoms with Gasteiger partial charge in [0.1, 0.15) is 11.9 Å². The highest BCUT2D eigenvalue weighted by Gasteiger charge is 2.54. The normalized spacial score (nSPS) is 23.9. The fourth-order valence-corrected chi connectivity index (χ4v) is 6.46. The number of nitriles is 1. The zero-order valence-electron chi connectivity index (χ0n) is 20.0. The molecule has 182 valence electrons. The van der Waals surface area contributed by atoms with Crippen molar-refractivity contribution in [3.05, 3.63) is 68.5 Å². The van der Waals surface area contributed by atoms with Crippen LogP contribution in [0, 0.1) is 17.1 Å². The molecule has 0 saturated heterocycles. The van der Waals surface area contributed by atoms with Gasteiger partial charge < -0.3 is 9.53 Å². The fourth-order valence-electron chi connectivity index (χ4n) is 4.95. The zero-order chi connectivity index (χ0) is 25.2. The predicted octanol–water partition coefficient (Wildman–Crippen LogP) is 7.56. The van der Waals surface area contributed by atoms with Crippen molar-refractivity contribution in [1.82, 2.24) is 0 Å². The van der Waals surface area contributed by atoms with Crippen LogP contribution in [0.3, 0.4) is 0 Å². The summed E-state index contributed by atoms with van der Waals surface area (Å²) < 4.78 is 51.4. The molecule has 0 saturated carbocycles. The summed E-state index contributed by atoms with van der Waals surface area (Å²) >= 11 is 6.51. The number of alkyl halides is 2. The SMILES string of the molecule is CC(C)(C)[Si](C)(C)OC1c2c(Cl)ccc(C3CC[C@@H](O)c4cc(F)cc(C#N)c43)c2CC1(F)F. The summed E-state index contributed by atoms with van der Waals surface area (Å²) in [6.07, 6.45) is -2.10. The van der Waals surface area contributed by atoms with Crippen molar-refractivity contribution in [3.8, 4) is 6.07 Å². The first-order chi connectivity index (χ1) is 15.7. The number of aliphatic hydroxyl groups excluding tert-OH is 1. The Morgan fingerprint density at radius 1 is 1.15 bits per heavy atom. The van der Waals surface area contributed by atoms with Gasteiger partial charge in [0.15, 0.2) is 8.32 Å². The highest BCUT2D eigenvalue weighted by atomic mass is 35.5. The van der Waals surface area contributed by atoms with Gasteiger partial charge in [0.25, 0.3) is 5.92 Å². The molecular formula is C26H29ClF3NO2Si. The van der Waals surface area contributed by atoms with Crippen LogP contribution in [-0.4, -0.2) is 19.3 Å². The molecule has 4 rings (SSSR count). The number of hydrogen-bond donors (Lipinski definition) is 1. The molecule has 2 aromatic rings. The maximum Gasteiger partial charge on any atom is 0.280 e. The predicted molar refractivity (Wildman–Crippen MR) is 128 cm³/mol. The van der Waals surface area contributed by atoms with Gasteiger partial charge in [-0.2, -0.15) is 5.26 Å². The quantitative estimate of drug-likeness (QED) is 0.436. The molecule has 2 unspecified atom stereocenters. The molecule has 8 heteroatoms. The first-order valence-corrected chi connectivity index (χ1v) is 14.7. The number of benzene rings is 2. The molecule has 3 atom stereocenters. The van der Waals surface area contributed by atoms with Gasteiger partial charge in [0.05, 0.1) is 17.7 Å². The van der Waals surface area contributed by atoms with Crippen LogP contribution in [0.5, 0.6) is 0 Å². The molecule has 0 heterocycles. The summed E-state index contributed by atoms with van der Waals surface area (Å²) in [5, 5.41) is 20.2. The molecule has 2 aliphatic carbocycles. The van der Waals surface area contributed by atoms with E-state index in [1.165, 1.54) is 6.07 Å². The van der Waals surface area contributed by atoms with Crippen LogP contribution in [0.1, 0.15) is 85.1 Å². The monoisotopic (exact) mass is 507 g/mol. The van der Waals surface area contributed by atoms with Crippen LogP contribution < -0.4 is 0 Å². The van der Waals surface area contributed by atoms with E-state index in [2.05, 4.69) is 0 Å². The minimum absolute atomic E-state index is 0.112. The van der Waals surface area contributed by atoms with Crippen molar-refractivity contribution in [2.45, 2.75) is 82.2 Å². The number of fused-ring (bicyclic) bond motifs is 2. The molecule has 0 fully saturated rings. The summed E-state index contributed by atoms with van der Waals surface area (Å²) in [4.78, 5) is 0. The fraction of sp³-hybridized carbons (Fsp3) is 0.500. The highest BCUT2D eigenvalue weighted by molar-refractivity contribution is 6.74. The van der Waals surface area contributed by atoms with E-state index >= 15 is 8.78 Å². The Morgan fingerprint density at radius 2 is 1.82 bits per heavy atom. The van der Waals surface area contributed by atoms with Crippen molar-refractivity contribution in [3.63, 3.8) is 0 Å². The molecule has 0 aliphatic heterocycles. The van der Waals surface area contributed by atoms with E-state index in [1.54, 1.807) is 12.1 Å². The number of aliphatic hydroxyl groups is 1.